The molecule has 0 unspecified atom stereocenters. The van der Waals surface area contributed by atoms with Crippen molar-refractivity contribution in [2.75, 3.05) is 26.2 Å². The normalized spacial score (nSPS) is 24.9. The summed E-state index contributed by atoms with van der Waals surface area (Å²) < 4.78 is 0.822. The van der Waals surface area contributed by atoms with E-state index in [1.165, 1.54) is 0 Å². The maximum absolute atomic E-state index is 12.5. The highest BCUT2D eigenvalue weighted by molar-refractivity contribution is 9.10. The molecule has 2 N–H and O–H groups in total. The zero-order valence-electron chi connectivity index (χ0n) is 11.6. The molecule has 0 radical (unpaired) electrons. The van der Waals surface area contributed by atoms with E-state index in [1.54, 1.807) is 0 Å². The van der Waals surface area contributed by atoms with Gasteiger partial charge in [-0.15, -0.1) is 12.4 Å². The van der Waals surface area contributed by atoms with Gasteiger partial charge in [0.05, 0.1) is 10.2 Å². The fourth-order valence-electron chi connectivity index (χ4n) is 3.04. The average Bonchev–Trinajstić information content (AvgIpc) is 3.00. The van der Waals surface area contributed by atoms with Crippen LogP contribution in [0.15, 0.2) is 4.47 Å². The first-order chi connectivity index (χ1) is 9.08. The van der Waals surface area contributed by atoms with Crippen molar-refractivity contribution >= 4 is 34.2 Å². The van der Waals surface area contributed by atoms with Gasteiger partial charge >= 0.3 is 0 Å². The maximum Gasteiger partial charge on any atom is 0.275 e. The zero-order chi connectivity index (χ0) is 13.6. The number of hydrogen-bond donors (Lipinski definition) is 2. The Morgan fingerprint density at radius 1 is 1.35 bits per heavy atom. The Hall–Kier alpha value is -0.590. The number of aromatic nitrogens is 2. The smallest absolute Gasteiger partial charge is 0.275 e. The summed E-state index contributed by atoms with van der Waals surface area (Å²) in [5.74, 6) is 1.60. The van der Waals surface area contributed by atoms with E-state index < -0.39 is 0 Å². The van der Waals surface area contributed by atoms with Gasteiger partial charge in [-0.3, -0.25) is 9.89 Å². The molecule has 0 spiro atoms. The third-order valence-electron chi connectivity index (χ3n) is 4.19. The number of H-pyrrole nitrogens is 1. The minimum atomic E-state index is 0. The van der Waals surface area contributed by atoms with E-state index in [0.717, 1.165) is 36.3 Å². The predicted octanol–water partition coefficient (Wildman–Crippen LogP) is 2.01. The third-order valence-corrected chi connectivity index (χ3v) is 4.99. The molecule has 0 aromatic carbocycles. The molecule has 2 atom stereocenters. The van der Waals surface area contributed by atoms with E-state index in [-0.39, 0.29) is 18.3 Å². The number of nitrogens with zero attached hydrogens (tertiary/aromatic N) is 2. The molecule has 3 rings (SSSR count). The highest BCUT2D eigenvalue weighted by Gasteiger charge is 2.39. The Morgan fingerprint density at radius 3 is 2.45 bits per heavy atom. The summed E-state index contributed by atoms with van der Waals surface area (Å²) >= 11 is 3.51. The molecule has 2 aliphatic heterocycles. The van der Waals surface area contributed by atoms with E-state index in [2.05, 4.69) is 45.3 Å². The number of rotatable bonds is 2. The number of nitrogens with one attached hydrogen (secondary N) is 2. The minimum Gasteiger partial charge on any atom is -0.337 e. The summed E-state index contributed by atoms with van der Waals surface area (Å²) in [5, 5.41) is 10.6. The first-order valence-corrected chi connectivity index (χ1v) is 7.61. The monoisotopic (exact) mass is 362 g/mol. The van der Waals surface area contributed by atoms with E-state index in [1.807, 2.05) is 4.90 Å². The highest BCUT2D eigenvalue weighted by atomic mass is 79.9. The highest BCUT2D eigenvalue weighted by Crippen LogP contribution is 2.30. The standard InChI is InChI=1S/C13H19BrN4O.ClH/c1-7(2)11-10(14)12(17-16-11)13(19)18-5-8-3-15-4-9(8)6-18;/h7-9,15H,3-6H2,1-2H3,(H,16,17);1H/t8-,9+;. The first-order valence-electron chi connectivity index (χ1n) is 6.81. The first kappa shape index (κ1) is 15.8. The van der Waals surface area contributed by atoms with Gasteiger partial charge in [-0.1, -0.05) is 13.8 Å². The SMILES string of the molecule is CC(C)c1[nH]nc(C(=O)N2C[C@H]3CNC[C@H]3C2)c1Br.Cl. The zero-order valence-corrected chi connectivity index (χ0v) is 14.1. The van der Waals surface area contributed by atoms with Crippen LogP contribution in [0.25, 0.3) is 0 Å². The van der Waals surface area contributed by atoms with Gasteiger partial charge in [0.15, 0.2) is 5.69 Å². The van der Waals surface area contributed by atoms with Gasteiger partial charge in [-0.25, -0.2) is 0 Å². The summed E-state index contributed by atoms with van der Waals surface area (Å²) in [6.45, 7) is 7.94. The van der Waals surface area contributed by atoms with Gasteiger partial charge in [0.2, 0.25) is 0 Å². The molecule has 1 amide bonds. The number of hydrogen-bond acceptors (Lipinski definition) is 3. The largest absolute Gasteiger partial charge is 0.337 e. The van der Waals surface area contributed by atoms with Crippen LogP contribution in [-0.2, 0) is 0 Å². The second-order valence-electron chi connectivity index (χ2n) is 5.84. The van der Waals surface area contributed by atoms with Crippen LogP contribution in [0.2, 0.25) is 0 Å². The fourth-order valence-corrected chi connectivity index (χ4v) is 3.84. The molecular weight excluding hydrogens is 344 g/mol. The fraction of sp³-hybridized carbons (Fsp3) is 0.692. The number of amides is 1. The van der Waals surface area contributed by atoms with Crippen LogP contribution in [0.1, 0.15) is 35.9 Å². The Bertz CT molecular complexity index is 493. The topological polar surface area (TPSA) is 61.0 Å². The molecule has 0 aliphatic carbocycles. The minimum absolute atomic E-state index is 0. The molecule has 1 aromatic rings. The van der Waals surface area contributed by atoms with Crippen molar-refractivity contribution < 1.29 is 4.79 Å². The lowest BCUT2D eigenvalue weighted by atomic mass is 10.0. The maximum atomic E-state index is 12.5. The number of aromatic amines is 1. The van der Waals surface area contributed by atoms with E-state index in [9.17, 15) is 4.79 Å². The third kappa shape index (κ3) is 2.61. The summed E-state index contributed by atoms with van der Waals surface area (Å²) in [5.41, 5.74) is 1.51. The van der Waals surface area contributed by atoms with E-state index >= 15 is 0 Å². The van der Waals surface area contributed by atoms with Crippen molar-refractivity contribution in [3.8, 4) is 0 Å². The summed E-state index contributed by atoms with van der Waals surface area (Å²) in [4.78, 5) is 14.5. The predicted molar refractivity (Wildman–Crippen MR) is 83.4 cm³/mol. The van der Waals surface area contributed by atoms with E-state index in [4.69, 9.17) is 0 Å². The number of carbonyl (C=O) groups excluding carboxylic acids is 1. The molecule has 0 saturated carbocycles. The van der Waals surface area contributed by atoms with Crippen LogP contribution >= 0.6 is 28.3 Å². The Morgan fingerprint density at radius 2 is 1.95 bits per heavy atom. The number of likely N-dealkylation sites (tertiary alicyclic amines) is 1. The van der Waals surface area contributed by atoms with Crippen LogP contribution < -0.4 is 5.32 Å². The molecule has 1 aromatic heterocycles. The number of fused-ring (bicyclic) bond motifs is 1. The molecule has 3 heterocycles. The number of carbonyl (C=O) groups is 1. The quantitative estimate of drug-likeness (QED) is 0.845. The number of halogens is 2. The molecule has 2 aliphatic rings. The van der Waals surface area contributed by atoms with Crippen LogP contribution in [0.3, 0.4) is 0 Å². The van der Waals surface area contributed by atoms with Gasteiger partial charge in [0.1, 0.15) is 0 Å². The van der Waals surface area contributed by atoms with Crippen LogP contribution in [0, 0.1) is 11.8 Å². The molecule has 112 valence electrons. The summed E-state index contributed by atoms with van der Waals surface area (Å²) in [6.07, 6.45) is 0. The van der Waals surface area contributed by atoms with Crippen LogP contribution in [0.4, 0.5) is 0 Å². The Balaban J connectivity index is 0.00000147. The van der Waals surface area contributed by atoms with Crippen molar-refractivity contribution in [3.05, 3.63) is 15.9 Å². The van der Waals surface area contributed by atoms with Crippen LogP contribution in [0.5, 0.6) is 0 Å². The van der Waals surface area contributed by atoms with Gasteiger partial charge < -0.3 is 10.2 Å². The second-order valence-corrected chi connectivity index (χ2v) is 6.64. The molecule has 2 fully saturated rings. The molecule has 0 bridgehead atoms. The summed E-state index contributed by atoms with van der Waals surface area (Å²) in [7, 11) is 0. The molecule has 20 heavy (non-hydrogen) atoms. The lowest BCUT2D eigenvalue weighted by Gasteiger charge is -2.16. The molecule has 2 saturated heterocycles. The van der Waals surface area contributed by atoms with Crippen molar-refractivity contribution in [2.45, 2.75) is 19.8 Å². The van der Waals surface area contributed by atoms with Gasteiger partial charge in [0, 0.05) is 26.2 Å². The second kappa shape index (κ2) is 6.03. The molecular formula is C13H20BrClN4O. The van der Waals surface area contributed by atoms with Gasteiger partial charge in [-0.2, -0.15) is 5.10 Å². The van der Waals surface area contributed by atoms with Crippen molar-refractivity contribution in [1.29, 1.82) is 0 Å². The Kier molecular flexibility index (Phi) is 4.76. The molecule has 5 nitrogen and oxygen atoms in total. The van der Waals surface area contributed by atoms with Gasteiger partial charge in [-0.05, 0) is 33.7 Å². The Labute approximate surface area is 133 Å². The van der Waals surface area contributed by atoms with Gasteiger partial charge in [0.25, 0.3) is 5.91 Å². The summed E-state index contributed by atoms with van der Waals surface area (Å²) in [6, 6.07) is 0. The lowest BCUT2D eigenvalue weighted by Crippen LogP contribution is -2.32. The van der Waals surface area contributed by atoms with E-state index in [0.29, 0.717) is 23.4 Å². The molecule has 7 heteroatoms. The van der Waals surface area contributed by atoms with Crippen LogP contribution in [-0.4, -0.2) is 47.2 Å². The van der Waals surface area contributed by atoms with Crippen molar-refractivity contribution in [3.63, 3.8) is 0 Å². The van der Waals surface area contributed by atoms with Crippen molar-refractivity contribution in [2.24, 2.45) is 11.8 Å². The average molecular weight is 364 g/mol. The van der Waals surface area contributed by atoms with Crippen molar-refractivity contribution in [1.82, 2.24) is 20.4 Å². The lowest BCUT2D eigenvalue weighted by molar-refractivity contribution is 0.0775.